The molecule has 7 heteroatoms. The molecule has 2 rings (SSSR count). The zero-order chi connectivity index (χ0) is 14.6. The van der Waals surface area contributed by atoms with E-state index in [9.17, 15) is 12.8 Å². The van der Waals surface area contributed by atoms with Crippen molar-refractivity contribution in [1.82, 2.24) is 9.21 Å². The lowest BCUT2D eigenvalue weighted by molar-refractivity contribution is 0.294. The van der Waals surface area contributed by atoms with Crippen LogP contribution in [0.5, 0.6) is 0 Å². The number of sulfonamides is 1. The summed E-state index contributed by atoms with van der Waals surface area (Å²) >= 11 is 0. The molecular weight excluding hydrogens is 281 g/mol. The Kier molecular flexibility index (Phi) is 5.09. The Hall–Kier alpha value is -1.02. The number of nitrogens with zero attached hydrogens (tertiary/aromatic N) is 2. The molecule has 1 saturated heterocycles. The van der Waals surface area contributed by atoms with Gasteiger partial charge in [-0.2, -0.15) is 4.31 Å². The maximum absolute atomic E-state index is 13.7. The molecule has 1 aliphatic rings. The molecule has 1 fully saturated rings. The molecule has 0 bridgehead atoms. The van der Waals surface area contributed by atoms with Gasteiger partial charge in [-0.15, -0.1) is 0 Å². The quantitative estimate of drug-likeness (QED) is 0.878. The van der Waals surface area contributed by atoms with Gasteiger partial charge >= 0.3 is 0 Å². The van der Waals surface area contributed by atoms with Crippen molar-refractivity contribution in [3.63, 3.8) is 0 Å². The molecule has 1 heterocycles. The van der Waals surface area contributed by atoms with Crippen molar-refractivity contribution in [2.75, 3.05) is 39.3 Å². The van der Waals surface area contributed by atoms with E-state index in [4.69, 9.17) is 5.73 Å². The van der Waals surface area contributed by atoms with Gasteiger partial charge in [0.05, 0.1) is 0 Å². The van der Waals surface area contributed by atoms with Gasteiger partial charge in [-0.05, 0) is 25.1 Å². The van der Waals surface area contributed by atoms with Crippen LogP contribution in [0, 0.1) is 5.82 Å². The largest absolute Gasteiger partial charge is 0.329 e. The van der Waals surface area contributed by atoms with Crippen molar-refractivity contribution >= 4 is 10.0 Å². The van der Waals surface area contributed by atoms with E-state index in [2.05, 4.69) is 4.90 Å². The first-order valence-electron chi connectivity index (χ1n) is 6.73. The Balaban J connectivity index is 2.16. The van der Waals surface area contributed by atoms with Crippen LogP contribution in [-0.2, 0) is 10.0 Å². The molecule has 20 heavy (non-hydrogen) atoms. The highest BCUT2D eigenvalue weighted by atomic mass is 32.2. The Morgan fingerprint density at radius 3 is 2.60 bits per heavy atom. The van der Waals surface area contributed by atoms with Gasteiger partial charge in [0.2, 0.25) is 10.0 Å². The monoisotopic (exact) mass is 301 g/mol. The van der Waals surface area contributed by atoms with Crippen molar-refractivity contribution in [2.24, 2.45) is 5.73 Å². The second-order valence-corrected chi connectivity index (χ2v) is 6.72. The van der Waals surface area contributed by atoms with Crippen LogP contribution in [0.1, 0.15) is 6.42 Å². The lowest BCUT2D eigenvalue weighted by Gasteiger charge is -2.21. The second kappa shape index (κ2) is 6.62. The molecule has 1 aromatic carbocycles. The van der Waals surface area contributed by atoms with E-state index < -0.39 is 15.8 Å². The van der Waals surface area contributed by atoms with Gasteiger partial charge in [0.25, 0.3) is 0 Å². The predicted octanol–water partition coefficient (Wildman–Crippen LogP) is 0.481. The Bertz CT molecular complexity index is 550. The van der Waals surface area contributed by atoms with Crippen LogP contribution in [0.15, 0.2) is 29.2 Å². The van der Waals surface area contributed by atoms with Crippen LogP contribution in [-0.4, -0.2) is 56.9 Å². The first-order chi connectivity index (χ1) is 9.55. The molecule has 0 atom stereocenters. The van der Waals surface area contributed by atoms with E-state index in [1.807, 2.05) is 0 Å². The summed E-state index contributed by atoms with van der Waals surface area (Å²) in [7, 11) is -3.75. The molecule has 0 unspecified atom stereocenters. The van der Waals surface area contributed by atoms with Gasteiger partial charge in [-0.3, -0.25) is 0 Å². The Morgan fingerprint density at radius 1 is 1.15 bits per heavy atom. The molecule has 0 radical (unpaired) electrons. The summed E-state index contributed by atoms with van der Waals surface area (Å²) < 4.78 is 40.0. The summed E-state index contributed by atoms with van der Waals surface area (Å²) in [6, 6.07) is 5.51. The number of nitrogens with two attached hydrogens (primary N) is 1. The number of rotatable bonds is 4. The van der Waals surface area contributed by atoms with E-state index >= 15 is 0 Å². The van der Waals surface area contributed by atoms with Gasteiger partial charge in [0.15, 0.2) is 0 Å². The summed E-state index contributed by atoms with van der Waals surface area (Å²) in [5.41, 5.74) is 5.52. The Morgan fingerprint density at radius 2 is 1.90 bits per heavy atom. The summed E-state index contributed by atoms with van der Waals surface area (Å²) in [5, 5.41) is 0. The lowest BCUT2D eigenvalue weighted by atomic mass is 10.3. The molecule has 0 spiro atoms. The van der Waals surface area contributed by atoms with Crippen LogP contribution in [0.25, 0.3) is 0 Å². The highest BCUT2D eigenvalue weighted by molar-refractivity contribution is 7.89. The number of benzene rings is 1. The first-order valence-corrected chi connectivity index (χ1v) is 8.17. The third kappa shape index (κ3) is 3.35. The van der Waals surface area contributed by atoms with Crippen molar-refractivity contribution < 1.29 is 12.8 Å². The van der Waals surface area contributed by atoms with Crippen molar-refractivity contribution in [3.05, 3.63) is 30.1 Å². The summed E-state index contributed by atoms with van der Waals surface area (Å²) in [6.07, 6.45) is 0.730. The maximum atomic E-state index is 13.7. The minimum Gasteiger partial charge on any atom is -0.329 e. The summed E-state index contributed by atoms with van der Waals surface area (Å²) in [6.45, 7) is 3.55. The van der Waals surface area contributed by atoms with Crippen LogP contribution >= 0.6 is 0 Å². The lowest BCUT2D eigenvalue weighted by Crippen LogP contribution is -2.36. The number of hydrogen-bond acceptors (Lipinski definition) is 4. The molecule has 1 aliphatic heterocycles. The maximum Gasteiger partial charge on any atom is 0.246 e. The summed E-state index contributed by atoms with van der Waals surface area (Å²) in [4.78, 5) is 1.89. The fourth-order valence-electron chi connectivity index (χ4n) is 2.39. The average Bonchev–Trinajstić information content (AvgIpc) is 2.65. The highest BCUT2D eigenvalue weighted by Crippen LogP contribution is 2.20. The average molecular weight is 301 g/mol. The number of halogens is 1. The molecule has 5 nitrogen and oxygen atoms in total. The van der Waals surface area contributed by atoms with E-state index in [0.29, 0.717) is 26.2 Å². The van der Waals surface area contributed by atoms with Gasteiger partial charge in [0, 0.05) is 32.7 Å². The van der Waals surface area contributed by atoms with Crippen LogP contribution in [0.3, 0.4) is 0 Å². The van der Waals surface area contributed by atoms with E-state index in [1.165, 1.54) is 28.6 Å². The molecule has 0 aromatic heterocycles. The first kappa shape index (κ1) is 15.4. The smallest absolute Gasteiger partial charge is 0.246 e. The third-order valence-electron chi connectivity index (χ3n) is 3.45. The van der Waals surface area contributed by atoms with Crippen molar-refractivity contribution in [3.8, 4) is 0 Å². The van der Waals surface area contributed by atoms with Crippen LogP contribution in [0.4, 0.5) is 4.39 Å². The zero-order valence-electron chi connectivity index (χ0n) is 11.3. The fraction of sp³-hybridized carbons (Fsp3) is 0.538. The topological polar surface area (TPSA) is 66.6 Å². The fourth-order valence-corrected chi connectivity index (χ4v) is 3.92. The van der Waals surface area contributed by atoms with Crippen molar-refractivity contribution in [1.29, 1.82) is 0 Å². The normalized spacial score (nSPS) is 18.9. The second-order valence-electron chi connectivity index (χ2n) is 4.82. The molecule has 1 aromatic rings. The van der Waals surface area contributed by atoms with Gasteiger partial charge in [-0.25, -0.2) is 12.8 Å². The third-order valence-corrected chi connectivity index (χ3v) is 5.38. The van der Waals surface area contributed by atoms with Gasteiger partial charge in [-0.1, -0.05) is 12.1 Å². The number of hydrogen-bond donors (Lipinski definition) is 1. The van der Waals surface area contributed by atoms with E-state index in [1.54, 1.807) is 0 Å². The van der Waals surface area contributed by atoms with Crippen LogP contribution in [0.2, 0.25) is 0 Å². The minimum absolute atomic E-state index is 0.243. The Labute approximate surface area is 119 Å². The van der Waals surface area contributed by atoms with E-state index in [0.717, 1.165) is 19.5 Å². The standard InChI is InChI=1S/C13H20FN3O2S/c14-12-4-1-2-5-13(12)20(18,19)17-8-3-7-16(9-6-15)10-11-17/h1-2,4-5H,3,6-11,15H2. The molecule has 2 N–H and O–H groups in total. The zero-order valence-corrected chi connectivity index (χ0v) is 12.2. The van der Waals surface area contributed by atoms with Gasteiger partial charge < -0.3 is 10.6 Å². The molecule has 0 saturated carbocycles. The molecule has 112 valence electrons. The molecule has 0 aliphatic carbocycles. The van der Waals surface area contributed by atoms with Crippen molar-refractivity contribution in [2.45, 2.75) is 11.3 Å². The SMILES string of the molecule is NCCN1CCCN(S(=O)(=O)c2ccccc2F)CC1. The molecule has 0 amide bonds. The summed E-state index contributed by atoms with van der Waals surface area (Å²) in [5.74, 6) is -0.699. The van der Waals surface area contributed by atoms with E-state index in [-0.39, 0.29) is 4.90 Å². The predicted molar refractivity (Wildman–Crippen MR) is 75.3 cm³/mol. The van der Waals surface area contributed by atoms with Crippen LogP contribution < -0.4 is 5.73 Å². The highest BCUT2D eigenvalue weighted by Gasteiger charge is 2.28. The minimum atomic E-state index is -3.75. The van der Waals surface area contributed by atoms with Gasteiger partial charge in [0.1, 0.15) is 10.7 Å². The molecular formula is C13H20FN3O2S.